The van der Waals surface area contributed by atoms with Gasteiger partial charge < -0.3 is 20.1 Å². The highest BCUT2D eigenvalue weighted by molar-refractivity contribution is 6.04. The van der Waals surface area contributed by atoms with Gasteiger partial charge in [0.1, 0.15) is 0 Å². The number of ketones is 1. The second-order valence-electron chi connectivity index (χ2n) is 10.2. The third-order valence-corrected chi connectivity index (χ3v) is 8.81. The molecule has 4 fully saturated rings. The molecule has 6 nitrogen and oxygen atoms in total. The topological polar surface area (TPSA) is 104 Å². The number of hydrogen-bond donors (Lipinski definition) is 3. The third-order valence-electron chi connectivity index (χ3n) is 8.81. The van der Waals surface area contributed by atoms with Gasteiger partial charge in [0.2, 0.25) is 0 Å². The van der Waals surface area contributed by atoms with Crippen molar-refractivity contribution in [3.05, 3.63) is 12.2 Å². The Morgan fingerprint density at radius 2 is 1.82 bits per heavy atom. The molecule has 4 saturated carbocycles. The molecule has 0 radical (unpaired) electrons. The summed E-state index contributed by atoms with van der Waals surface area (Å²) in [5.74, 6) is -1.62. The Morgan fingerprint density at radius 1 is 1.14 bits per heavy atom. The van der Waals surface area contributed by atoms with E-state index in [2.05, 4.69) is 20.4 Å². The molecule has 3 N–H and O–H groups in total. The molecule has 4 rings (SSSR count). The van der Waals surface area contributed by atoms with E-state index in [9.17, 15) is 24.9 Å². The Bertz CT molecular complexity index is 729. The predicted molar refractivity (Wildman–Crippen MR) is 101 cm³/mol. The fraction of sp³-hybridized carbons (Fsp3) is 0.818. The van der Waals surface area contributed by atoms with Crippen LogP contribution in [0.5, 0.6) is 0 Å². The normalized spacial score (nSPS) is 49.4. The van der Waals surface area contributed by atoms with Gasteiger partial charge >= 0.3 is 5.97 Å². The lowest BCUT2D eigenvalue weighted by molar-refractivity contribution is -0.268. The van der Waals surface area contributed by atoms with Gasteiger partial charge in [-0.15, -0.1) is 0 Å². The quantitative estimate of drug-likeness (QED) is 0.487. The van der Waals surface area contributed by atoms with Crippen LogP contribution in [0.15, 0.2) is 12.2 Å². The molecule has 1 spiro atoms. The summed E-state index contributed by atoms with van der Waals surface area (Å²) in [6.45, 7) is 9.52. The van der Waals surface area contributed by atoms with E-state index in [1.54, 1.807) is 0 Å². The van der Waals surface area contributed by atoms with Crippen molar-refractivity contribution in [1.82, 2.24) is 0 Å². The smallest absolute Gasteiger partial charge is 0.302 e. The van der Waals surface area contributed by atoms with Gasteiger partial charge in [0.25, 0.3) is 0 Å². The first-order valence-electron chi connectivity index (χ1n) is 10.4. The maximum Gasteiger partial charge on any atom is 0.302 e. The van der Waals surface area contributed by atoms with Gasteiger partial charge in [-0.1, -0.05) is 20.4 Å². The number of esters is 1. The van der Waals surface area contributed by atoms with Crippen LogP contribution < -0.4 is 0 Å². The summed E-state index contributed by atoms with van der Waals surface area (Å²) in [5, 5.41) is 33.8. The van der Waals surface area contributed by atoms with Crippen molar-refractivity contribution in [2.45, 2.75) is 71.2 Å². The van der Waals surface area contributed by atoms with Gasteiger partial charge in [-0.05, 0) is 54.9 Å². The Kier molecular flexibility index (Phi) is 4.39. The highest BCUT2D eigenvalue weighted by atomic mass is 16.5. The van der Waals surface area contributed by atoms with Crippen molar-refractivity contribution in [3.63, 3.8) is 0 Å². The first-order valence-corrected chi connectivity index (χ1v) is 10.4. The first kappa shape index (κ1) is 20.0. The molecule has 0 saturated heterocycles. The fourth-order valence-electron chi connectivity index (χ4n) is 7.55. The standard InChI is InChI=1S/C22H32O6/c1-11-13-5-6-14-21(10-28-12(2)23)15(20(3,4)8-7-16(21)24)9-17(25)22(14,18(11)26)19(13)27/h13-17,19,24-25,27H,1,5-10H2,2-4H3/t13-,14-,15+,16-,17+,19-,21+,22-/m0/s1. The number of fused-ring (bicyclic) bond motifs is 3. The molecule has 6 heteroatoms. The molecule has 4 aliphatic carbocycles. The molecule has 0 aromatic carbocycles. The number of rotatable bonds is 2. The van der Waals surface area contributed by atoms with Crippen molar-refractivity contribution >= 4 is 11.8 Å². The van der Waals surface area contributed by atoms with Crippen molar-refractivity contribution < 1.29 is 29.6 Å². The van der Waals surface area contributed by atoms with E-state index in [0.29, 0.717) is 31.3 Å². The van der Waals surface area contributed by atoms with Crippen LogP contribution in [0.2, 0.25) is 0 Å². The monoisotopic (exact) mass is 392 g/mol. The maximum atomic E-state index is 13.4. The Morgan fingerprint density at radius 3 is 2.46 bits per heavy atom. The van der Waals surface area contributed by atoms with Gasteiger partial charge in [-0.2, -0.15) is 0 Å². The number of carbonyl (C=O) groups excluding carboxylic acids is 2. The summed E-state index contributed by atoms with van der Waals surface area (Å²) >= 11 is 0. The average Bonchev–Trinajstić information content (AvgIpc) is 2.73. The molecule has 0 aromatic rings. The lowest BCUT2D eigenvalue weighted by Crippen LogP contribution is -2.72. The zero-order valence-electron chi connectivity index (χ0n) is 17.0. The molecule has 156 valence electrons. The highest BCUT2D eigenvalue weighted by Crippen LogP contribution is 2.71. The van der Waals surface area contributed by atoms with E-state index in [0.717, 1.165) is 6.42 Å². The Labute approximate surface area is 166 Å². The van der Waals surface area contributed by atoms with Crippen LogP contribution >= 0.6 is 0 Å². The summed E-state index contributed by atoms with van der Waals surface area (Å²) in [6.07, 6.45) is 0.0486. The summed E-state index contributed by atoms with van der Waals surface area (Å²) in [5.41, 5.74) is -2.02. The van der Waals surface area contributed by atoms with Crippen LogP contribution in [-0.2, 0) is 14.3 Å². The van der Waals surface area contributed by atoms with Gasteiger partial charge in [0.15, 0.2) is 5.78 Å². The van der Waals surface area contributed by atoms with Crippen molar-refractivity contribution in [1.29, 1.82) is 0 Å². The summed E-state index contributed by atoms with van der Waals surface area (Å²) < 4.78 is 5.49. The molecule has 0 heterocycles. The minimum absolute atomic E-state index is 0.00781. The lowest BCUT2D eigenvalue weighted by Gasteiger charge is -2.66. The molecule has 0 amide bonds. The summed E-state index contributed by atoms with van der Waals surface area (Å²) in [6, 6.07) is 0. The molecule has 0 aliphatic heterocycles. The molecule has 4 aliphatic rings. The molecule has 0 unspecified atom stereocenters. The van der Waals surface area contributed by atoms with Gasteiger partial charge in [-0.25, -0.2) is 0 Å². The van der Waals surface area contributed by atoms with Crippen molar-refractivity contribution in [3.8, 4) is 0 Å². The van der Waals surface area contributed by atoms with Crippen LogP contribution in [0.1, 0.15) is 52.9 Å². The van der Waals surface area contributed by atoms with Gasteiger partial charge in [0, 0.05) is 18.3 Å². The number of carbonyl (C=O) groups is 2. The predicted octanol–water partition coefficient (Wildman–Crippen LogP) is 1.61. The second kappa shape index (κ2) is 6.13. The fourth-order valence-corrected chi connectivity index (χ4v) is 7.55. The Balaban J connectivity index is 1.92. The average molecular weight is 392 g/mol. The molecule has 2 bridgehead atoms. The molecule has 8 atom stereocenters. The van der Waals surface area contributed by atoms with Gasteiger partial charge in [-0.3, -0.25) is 9.59 Å². The van der Waals surface area contributed by atoms with Crippen molar-refractivity contribution in [2.75, 3.05) is 6.61 Å². The molecular formula is C22H32O6. The molecular weight excluding hydrogens is 360 g/mol. The van der Waals surface area contributed by atoms with E-state index in [1.165, 1.54) is 6.92 Å². The number of aliphatic hydroxyl groups is 3. The Hall–Kier alpha value is -1.24. The molecule has 28 heavy (non-hydrogen) atoms. The van der Waals surface area contributed by atoms with Crippen LogP contribution in [0, 0.1) is 34.0 Å². The van der Waals surface area contributed by atoms with Crippen LogP contribution in [0.3, 0.4) is 0 Å². The van der Waals surface area contributed by atoms with Crippen LogP contribution in [0.25, 0.3) is 0 Å². The third kappa shape index (κ3) is 2.20. The van der Waals surface area contributed by atoms with E-state index < -0.39 is 41.0 Å². The largest absolute Gasteiger partial charge is 0.465 e. The van der Waals surface area contributed by atoms with Gasteiger partial charge in [0.05, 0.1) is 30.3 Å². The van der Waals surface area contributed by atoms with Crippen LogP contribution in [0.4, 0.5) is 0 Å². The lowest BCUT2D eigenvalue weighted by atomic mass is 9.38. The minimum Gasteiger partial charge on any atom is -0.465 e. The van der Waals surface area contributed by atoms with E-state index in [4.69, 9.17) is 4.74 Å². The van der Waals surface area contributed by atoms with Crippen LogP contribution in [-0.4, -0.2) is 52.0 Å². The molecule has 0 aromatic heterocycles. The number of ether oxygens (including phenoxy) is 1. The summed E-state index contributed by atoms with van der Waals surface area (Å²) in [4.78, 5) is 25.1. The highest BCUT2D eigenvalue weighted by Gasteiger charge is 2.76. The number of aliphatic hydroxyl groups excluding tert-OH is 3. The minimum atomic E-state index is -1.36. The van der Waals surface area contributed by atoms with E-state index >= 15 is 0 Å². The second-order valence-corrected chi connectivity index (χ2v) is 10.2. The zero-order valence-corrected chi connectivity index (χ0v) is 17.0. The summed E-state index contributed by atoms with van der Waals surface area (Å²) in [7, 11) is 0. The maximum absolute atomic E-state index is 13.4. The van der Waals surface area contributed by atoms with E-state index in [-0.39, 0.29) is 29.6 Å². The first-order chi connectivity index (χ1) is 13.0. The SMILES string of the molecule is C=C1C(=O)[C@@]23[C@H](O)C[C@@H]4C(C)(C)CC[C@H](O)[C@]4(COC(C)=O)[C@@H]2CC[C@@H]1[C@@H]3O. The number of Topliss-reactive ketones (excluding diaryl/α,β-unsaturated/α-hetero) is 1. The number of hydrogen-bond acceptors (Lipinski definition) is 6. The zero-order chi connectivity index (χ0) is 20.6. The van der Waals surface area contributed by atoms with Crippen molar-refractivity contribution in [2.24, 2.45) is 34.0 Å². The van der Waals surface area contributed by atoms with E-state index in [1.807, 2.05) is 0 Å².